The van der Waals surface area contributed by atoms with Crippen molar-refractivity contribution in [2.45, 2.75) is 45.8 Å². The monoisotopic (exact) mass is 451 g/mol. The summed E-state index contributed by atoms with van der Waals surface area (Å²) in [6, 6.07) is -0.0592. The molecule has 1 rings (SSSR count). The number of hydrogen-bond acceptors (Lipinski definition) is 4. The minimum absolute atomic E-state index is 0.0592. The molecule has 0 saturated carbocycles. The van der Waals surface area contributed by atoms with E-state index >= 15 is 0 Å². The molecule has 5 nitrogen and oxygen atoms in total. The van der Waals surface area contributed by atoms with Crippen molar-refractivity contribution in [3.05, 3.63) is 0 Å². The summed E-state index contributed by atoms with van der Waals surface area (Å²) in [5.74, 6) is 0.107. The first-order valence-corrected chi connectivity index (χ1v) is 7.40. The molecule has 0 radical (unpaired) electrons. The van der Waals surface area contributed by atoms with Crippen LogP contribution in [-0.2, 0) is 9.53 Å². The maximum absolute atomic E-state index is 12.1. The van der Waals surface area contributed by atoms with Crippen LogP contribution in [0.1, 0.15) is 34.1 Å². The van der Waals surface area contributed by atoms with Crippen LogP contribution in [0.5, 0.6) is 0 Å². The van der Waals surface area contributed by atoms with E-state index in [1.807, 2.05) is 20.8 Å². The number of carbonyl (C=O) groups is 2. The fraction of sp³-hybridized carbons (Fsp3) is 0.833. The zero-order valence-corrected chi connectivity index (χ0v) is 14.3. The van der Waals surface area contributed by atoms with E-state index in [-0.39, 0.29) is 17.9 Å². The molecular weight excluding hydrogens is 430 g/mol. The van der Waals surface area contributed by atoms with E-state index in [0.717, 1.165) is 13.1 Å². The summed E-state index contributed by atoms with van der Waals surface area (Å²) in [5, 5.41) is 0. The Labute approximate surface area is 124 Å². The van der Waals surface area contributed by atoms with Gasteiger partial charge in [0.15, 0.2) is 0 Å². The third-order valence-electron chi connectivity index (χ3n) is 2.58. The van der Waals surface area contributed by atoms with Crippen molar-refractivity contribution in [1.82, 2.24) is 7.74 Å². The Balaban J connectivity index is 2.70. The van der Waals surface area contributed by atoms with Gasteiger partial charge in [0.25, 0.3) is 0 Å². The summed E-state index contributed by atoms with van der Waals surface area (Å²) >= 11 is 1.58. The van der Waals surface area contributed by atoms with Gasteiger partial charge in [0.1, 0.15) is 0 Å². The Hall–Kier alpha value is -0.217. The van der Waals surface area contributed by atoms with Crippen LogP contribution in [0.4, 0.5) is 4.79 Å². The average Bonchev–Trinajstić information content (AvgIpc) is 2.13. The number of hydrogen-bond donors (Lipinski definition) is 0. The molecule has 18 heavy (non-hydrogen) atoms. The Morgan fingerprint density at radius 2 is 1.94 bits per heavy atom. The second-order valence-corrected chi connectivity index (χ2v) is 7.46. The minimum atomic E-state index is -0.495. The Morgan fingerprint density at radius 3 is 2.44 bits per heavy atom. The van der Waals surface area contributed by atoms with Gasteiger partial charge in [-0.15, -0.1) is 0 Å². The second-order valence-electron chi connectivity index (χ2n) is 5.60. The number of Topliss-reactive ketones (excluding diaryl/α,β-unsaturated/α-hetero) is 1. The van der Waals surface area contributed by atoms with E-state index < -0.39 is 5.60 Å². The summed E-state index contributed by atoms with van der Waals surface area (Å²) in [4.78, 5) is 25.1. The summed E-state index contributed by atoms with van der Waals surface area (Å²) < 4.78 is 7.57. The van der Waals surface area contributed by atoms with Crippen LogP contribution in [0.3, 0.4) is 0 Å². The average molecular weight is 451 g/mol. The summed E-state index contributed by atoms with van der Waals surface area (Å²) in [6.07, 6.45) is 0.0898. The molecule has 1 atom stereocenters. The fourth-order valence-corrected chi connectivity index (χ4v) is 2.80. The molecule has 1 unspecified atom stereocenters. The van der Waals surface area contributed by atoms with Gasteiger partial charge in [-0.25, -0.2) is 0 Å². The van der Waals surface area contributed by atoms with Crippen LogP contribution in [0.15, 0.2) is 0 Å². The topological polar surface area (TPSA) is 49.9 Å². The van der Waals surface area contributed by atoms with Crippen LogP contribution in [0.25, 0.3) is 0 Å². The van der Waals surface area contributed by atoms with Crippen molar-refractivity contribution < 1.29 is 39.3 Å². The first-order chi connectivity index (χ1) is 8.19. The molecule has 0 aromatic rings. The van der Waals surface area contributed by atoms with Gasteiger partial charge in [-0.2, -0.15) is 0 Å². The zero-order chi connectivity index (χ0) is 13.9. The molecule has 0 bridgehead atoms. The molecular formula is C12H21AtN2O3. The molecule has 104 valence electrons. The van der Waals surface area contributed by atoms with Crippen molar-refractivity contribution >= 4 is 11.9 Å². The number of ether oxygens (including phenoxy) is 1. The van der Waals surface area contributed by atoms with Crippen molar-refractivity contribution in [3.8, 4) is 0 Å². The van der Waals surface area contributed by atoms with Gasteiger partial charge in [-0.3, -0.25) is 0 Å². The normalized spacial score (nSPS) is 21.8. The van der Waals surface area contributed by atoms with Crippen molar-refractivity contribution in [2.75, 3.05) is 19.6 Å². The SMILES string of the molecule is CC(=O)CC1CN([At])CCN1C(=O)OC(C)(C)C. The third kappa shape index (κ3) is 5.19. The summed E-state index contributed by atoms with van der Waals surface area (Å²) in [7, 11) is 0. The molecule has 0 spiro atoms. The van der Waals surface area contributed by atoms with Crippen LogP contribution in [0.2, 0.25) is 0 Å². The number of amides is 1. The second kappa shape index (κ2) is 6.29. The van der Waals surface area contributed by atoms with E-state index in [4.69, 9.17) is 4.74 Å². The number of nitrogens with zero attached hydrogens (tertiary/aromatic N) is 2. The van der Waals surface area contributed by atoms with Crippen LogP contribution in [0, 0.1) is 25.0 Å². The molecule has 1 saturated heterocycles. The fourth-order valence-electron chi connectivity index (χ4n) is 1.88. The van der Waals surface area contributed by atoms with E-state index in [1.165, 1.54) is 0 Å². The summed E-state index contributed by atoms with van der Waals surface area (Å²) in [6.45, 7) is 9.33. The van der Waals surface area contributed by atoms with Crippen molar-refractivity contribution in [2.24, 2.45) is 0 Å². The van der Waals surface area contributed by atoms with Gasteiger partial charge in [-0.05, 0) is 0 Å². The number of carbonyl (C=O) groups excluding carboxylic acids is 2. The quantitative estimate of drug-likeness (QED) is 0.637. The predicted octanol–water partition coefficient (Wildman–Crippen LogP) is 1.35. The van der Waals surface area contributed by atoms with Crippen LogP contribution in [-0.4, -0.2) is 50.9 Å². The maximum atomic E-state index is 12.1. The van der Waals surface area contributed by atoms with Gasteiger partial charge in [-0.1, -0.05) is 0 Å². The predicted molar refractivity (Wildman–Crippen MR) is 63.6 cm³/mol. The zero-order valence-electron chi connectivity index (χ0n) is 11.4. The standard InChI is InChI=1S/C12H21AtN2O3/c1-9(16)7-10-8-14(13)5-6-15(10)11(17)18-12(2,3)4/h10H,5-8H2,1-4H3. The number of ketones is 1. The van der Waals surface area contributed by atoms with Crippen molar-refractivity contribution in [3.63, 3.8) is 0 Å². The van der Waals surface area contributed by atoms with Crippen molar-refractivity contribution in [1.29, 1.82) is 0 Å². The number of piperazine rings is 1. The van der Waals surface area contributed by atoms with Gasteiger partial charge in [0.2, 0.25) is 0 Å². The van der Waals surface area contributed by atoms with E-state index in [9.17, 15) is 9.59 Å². The van der Waals surface area contributed by atoms with Crippen LogP contribution >= 0.6 is 0 Å². The molecule has 1 heterocycles. The Bertz CT molecular complexity index is 328. The molecule has 1 aliphatic rings. The molecule has 0 aromatic heterocycles. The molecule has 1 fully saturated rings. The molecule has 1 amide bonds. The molecule has 1 aliphatic heterocycles. The summed E-state index contributed by atoms with van der Waals surface area (Å²) in [5.41, 5.74) is -0.495. The molecule has 0 aliphatic carbocycles. The van der Waals surface area contributed by atoms with E-state index in [1.54, 1.807) is 36.8 Å². The number of rotatable bonds is 2. The third-order valence-corrected chi connectivity index (χ3v) is 3.78. The van der Waals surface area contributed by atoms with E-state index in [0.29, 0.717) is 13.0 Å². The van der Waals surface area contributed by atoms with E-state index in [2.05, 4.69) is 2.84 Å². The van der Waals surface area contributed by atoms with Gasteiger partial charge in [0, 0.05) is 0 Å². The van der Waals surface area contributed by atoms with Gasteiger partial charge < -0.3 is 0 Å². The first kappa shape index (κ1) is 15.8. The molecule has 6 heteroatoms. The first-order valence-electron chi connectivity index (χ1n) is 6.09. The Morgan fingerprint density at radius 1 is 1.33 bits per heavy atom. The van der Waals surface area contributed by atoms with Crippen LogP contribution < -0.4 is 0 Å². The molecule has 0 N–H and O–H groups in total. The van der Waals surface area contributed by atoms with Gasteiger partial charge >= 0.3 is 124 Å². The van der Waals surface area contributed by atoms with Gasteiger partial charge in [0.05, 0.1) is 0 Å². The Kier molecular flexibility index (Phi) is 5.53. The molecule has 0 aromatic carbocycles.